The van der Waals surface area contributed by atoms with Gasteiger partial charge in [0.25, 0.3) is 0 Å². The molecular weight excluding hydrogens is 302 g/mol. The van der Waals surface area contributed by atoms with Gasteiger partial charge < -0.3 is 9.52 Å². The van der Waals surface area contributed by atoms with Crippen LogP contribution in [0.1, 0.15) is 18.4 Å². The van der Waals surface area contributed by atoms with Gasteiger partial charge in [0.15, 0.2) is 5.43 Å². The number of hydrogen-bond acceptors (Lipinski definition) is 4. The Morgan fingerprint density at radius 2 is 1.79 bits per heavy atom. The third-order valence-electron chi connectivity index (χ3n) is 4.62. The molecule has 1 N–H and O–H groups in total. The van der Waals surface area contributed by atoms with Crippen LogP contribution in [0.5, 0.6) is 5.75 Å². The molecule has 4 rings (SSSR count). The molecule has 2 heterocycles. The van der Waals surface area contributed by atoms with E-state index >= 15 is 0 Å². The van der Waals surface area contributed by atoms with E-state index in [1.54, 1.807) is 12.1 Å². The van der Waals surface area contributed by atoms with E-state index in [0.717, 1.165) is 31.5 Å². The Morgan fingerprint density at radius 1 is 1.04 bits per heavy atom. The first-order valence-corrected chi connectivity index (χ1v) is 8.29. The lowest BCUT2D eigenvalue weighted by Gasteiger charge is -2.17. The Labute approximate surface area is 140 Å². The van der Waals surface area contributed by atoms with Crippen LogP contribution in [0.3, 0.4) is 0 Å². The van der Waals surface area contributed by atoms with Gasteiger partial charge in [0.1, 0.15) is 17.1 Å². The van der Waals surface area contributed by atoms with Crippen molar-refractivity contribution in [1.29, 1.82) is 0 Å². The van der Waals surface area contributed by atoms with Crippen LogP contribution in [-0.4, -0.2) is 23.1 Å². The second kappa shape index (κ2) is 6.13. The van der Waals surface area contributed by atoms with E-state index in [2.05, 4.69) is 4.90 Å². The summed E-state index contributed by atoms with van der Waals surface area (Å²) in [6.45, 7) is 2.59. The van der Waals surface area contributed by atoms with E-state index in [9.17, 15) is 9.90 Å². The summed E-state index contributed by atoms with van der Waals surface area (Å²) in [6, 6.07) is 14.4. The molecule has 0 spiro atoms. The zero-order chi connectivity index (χ0) is 16.5. The van der Waals surface area contributed by atoms with E-state index in [0.29, 0.717) is 28.8 Å². The normalized spacial score (nSPS) is 15.2. The van der Waals surface area contributed by atoms with Gasteiger partial charge in [0.05, 0.1) is 5.39 Å². The van der Waals surface area contributed by atoms with Crippen molar-refractivity contribution in [3.05, 3.63) is 64.3 Å². The maximum absolute atomic E-state index is 12.7. The van der Waals surface area contributed by atoms with Crippen LogP contribution in [0.4, 0.5) is 0 Å². The highest BCUT2D eigenvalue weighted by atomic mass is 16.3. The zero-order valence-corrected chi connectivity index (χ0v) is 13.4. The number of fused-ring (bicyclic) bond motifs is 1. The van der Waals surface area contributed by atoms with Crippen molar-refractivity contribution < 1.29 is 9.52 Å². The summed E-state index contributed by atoms with van der Waals surface area (Å²) in [4.78, 5) is 15.0. The Balaban J connectivity index is 1.85. The predicted molar refractivity (Wildman–Crippen MR) is 94.1 cm³/mol. The van der Waals surface area contributed by atoms with E-state index in [4.69, 9.17) is 4.42 Å². The van der Waals surface area contributed by atoms with Crippen molar-refractivity contribution in [3.8, 4) is 17.1 Å². The highest BCUT2D eigenvalue weighted by Crippen LogP contribution is 2.30. The van der Waals surface area contributed by atoms with Crippen molar-refractivity contribution in [2.24, 2.45) is 0 Å². The molecule has 4 nitrogen and oxygen atoms in total. The van der Waals surface area contributed by atoms with Gasteiger partial charge in [-0.05, 0) is 38.1 Å². The molecule has 0 atom stereocenters. The van der Waals surface area contributed by atoms with Crippen molar-refractivity contribution in [2.45, 2.75) is 19.4 Å². The van der Waals surface area contributed by atoms with Gasteiger partial charge in [-0.15, -0.1) is 0 Å². The standard InChI is InChI=1S/C20H19NO3/c22-16-8-9-18-20(15(16)13-21-10-4-5-11-21)17(23)12-19(24-18)14-6-2-1-3-7-14/h1-3,6-9,12,22H,4-5,10-11,13H2. The molecule has 4 heteroatoms. The maximum Gasteiger partial charge on any atom is 0.193 e. The highest BCUT2D eigenvalue weighted by Gasteiger charge is 2.19. The molecule has 1 fully saturated rings. The third-order valence-corrected chi connectivity index (χ3v) is 4.62. The topological polar surface area (TPSA) is 53.7 Å². The quantitative estimate of drug-likeness (QED) is 0.798. The third kappa shape index (κ3) is 2.69. The molecule has 1 aliphatic rings. The van der Waals surface area contributed by atoms with E-state index in [-0.39, 0.29) is 11.2 Å². The minimum absolute atomic E-state index is 0.111. The van der Waals surface area contributed by atoms with Gasteiger partial charge in [-0.3, -0.25) is 9.69 Å². The SMILES string of the molecule is O=c1cc(-c2ccccc2)oc2ccc(O)c(CN3CCCC3)c12. The first-order valence-electron chi connectivity index (χ1n) is 8.29. The lowest BCUT2D eigenvalue weighted by molar-refractivity contribution is 0.325. The first-order chi connectivity index (χ1) is 11.7. The number of phenols is 1. The van der Waals surface area contributed by atoms with Crippen LogP contribution in [-0.2, 0) is 6.54 Å². The van der Waals surface area contributed by atoms with Crippen molar-refractivity contribution in [2.75, 3.05) is 13.1 Å². The summed E-state index contributed by atoms with van der Waals surface area (Å²) >= 11 is 0. The second-order valence-corrected chi connectivity index (χ2v) is 6.26. The summed E-state index contributed by atoms with van der Waals surface area (Å²) in [5.41, 5.74) is 1.95. The Hall–Kier alpha value is -2.59. The molecule has 3 aromatic rings. The highest BCUT2D eigenvalue weighted by molar-refractivity contribution is 5.84. The lowest BCUT2D eigenvalue weighted by atomic mass is 10.1. The smallest absolute Gasteiger partial charge is 0.193 e. The largest absolute Gasteiger partial charge is 0.508 e. The number of likely N-dealkylation sites (tertiary alicyclic amines) is 1. The van der Waals surface area contributed by atoms with Crippen molar-refractivity contribution >= 4 is 11.0 Å². The molecule has 122 valence electrons. The minimum Gasteiger partial charge on any atom is -0.508 e. The first kappa shape index (κ1) is 15.0. The second-order valence-electron chi connectivity index (χ2n) is 6.26. The van der Waals surface area contributed by atoms with Crippen LogP contribution in [0, 0.1) is 0 Å². The van der Waals surface area contributed by atoms with Gasteiger partial charge in [-0.2, -0.15) is 0 Å². The molecule has 0 amide bonds. The van der Waals surface area contributed by atoms with Gasteiger partial charge in [0.2, 0.25) is 0 Å². The van der Waals surface area contributed by atoms with E-state index in [1.807, 2.05) is 30.3 Å². The summed E-state index contributed by atoms with van der Waals surface area (Å²) in [5.74, 6) is 0.708. The molecule has 0 radical (unpaired) electrons. The fourth-order valence-corrected chi connectivity index (χ4v) is 3.38. The molecule has 0 unspecified atom stereocenters. The average Bonchev–Trinajstić information content (AvgIpc) is 3.11. The van der Waals surface area contributed by atoms with Gasteiger partial charge in [-0.25, -0.2) is 0 Å². The lowest BCUT2D eigenvalue weighted by Crippen LogP contribution is -2.19. The van der Waals surface area contributed by atoms with Gasteiger partial charge in [0, 0.05) is 23.7 Å². The average molecular weight is 321 g/mol. The number of rotatable bonds is 3. The monoisotopic (exact) mass is 321 g/mol. The van der Waals surface area contributed by atoms with E-state index in [1.165, 1.54) is 6.07 Å². The van der Waals surface area contributed by atoms with Crippen LogP contribution in [0.15, 0.2) is 57.7 Å². The van der Waals surface area contributed by atoms with Crippen LogP contribution in [0.25, 0.3) is 22.3 Å². The molecule has 1 aliphatic heterocycles. The van der Waals surface area contributed by atoms with Crippen LogP contribution in [0.2, 0.25) is 0 Å². The number of hydrogen-bond donors (Lipinski definition) is 1. The predicted octanol–water partition coefficient (Wildman–Crippen LogP) is 3.76. The Morgan fingerprint density at radius 3 is 2.54 bits per heavy atom. The van der Waals surface area contributed by atoms with E-state index < -0.39 is 0 Å². The van der Waals surface area contributed by atoms with Crippen molar-refractivity contribution in [3.63, 3.8) is 0 Å². The fourth-order valence-electron chi connectivity index (χ4n) is 3.38. The number of phenolic OH excluding ortho intramolecular Hbond substituents is 1. The molecular formula is C20H19NO3. The van der Waals surface area contributed by atoms with Gasteiger partial charge >= 0.3 is 0 Å². The minimum atomic E-state index is -0.111. The van der Waals surface area contributed by atoms with Crippen LogP contribution >= 0.6 is 0 Å². The summed E-state index contributed by atoms with van der Waals surface area (Å²) < 4.78 is 5.96. The Bertz CT molecular complexity index is 925. The molecule has 0 aliphatic carbocycles. The molecule has 1 aromatic heterocycles. The molecule has 0 bridgehead atoms. The van der Waals surface area contributed by atoms with Crippen molar-refractivity contribution in [1.82, 2.24) is 4.90 Å². The molecule has 0 saturated carbocycles. The number of benzene rings is 2. The number of aromatic hydroxyl groups is 1. The molecule has 2 aromatic carbocycles. The summed E-state index contributed by atoms with van der Waals surface area (Å²) in [5, 5.41) is 10.8. The summed E-state index contributed by atoms with van der Waals surface area (Å²) in [6.07, 6.45) is 2.33. The van der Waals surface area contributed by atoms with Crippen LogP contribution < -0.4 is 5.43 Å². The van der Waals surface area contributed by atoms with Gasteiger partial charge in [-0.1, -0.05) is 30.3 Å². The molecule has 1 saturated heterocycles. The Kier molecular flexibility index (Phi) is 3.82. The number of nitrogens with zero attached hydrogens (tertiary/aromatic N) is 1. The maximum atomic E-state index is 12.7. The summed E-state index contributed by atoms with van der Waals surface area (Å²) in [7, 11) is 0. The fraction of sp³-hybridized carbons (Fsp3) is 0.250. The molecule has 24 heavy (non-hydrogen) atoms. The zero-order valence-electron chi connectivity index (χ0n) is 13.4.